The Kier molecular flexibility index (Phi) is 6.24. The summed E-state index contributed by atoms with van der Waals surface area (Å²) < 4.78 is 54.6. The predicted molar refractivity (Wildman–Crippen MR) is 142 cm³/mol. The lowest BCUT2D eigenvalue weighted by molar-refractivity contribution is -0.126. The van der Waals surface area contributed by atoms with Crippen LogP contribution in [-0.4, -0.2) is 54.6 Å². The molecule has 2 aromatic carbocycles. The summed E-state index contributed by atoms with van der Waals surface area (Å²) in [6.07, 6.45) is -2.93. The smallest absolute Gasteiger partial charge is 0.349 e. The van der Waals surface area contributed by atoms with Crippen LogP contribution in [0.4, 0.5) is 34.9 Å². The first-order valence-electron chi connectivity index (χ1n) is 13.1. The van der Waals surface area contributed by atoms with E-state index in [4.69, 9.17) is 0 Å². The summed E-state index contributed by atoms with van der Waals surface area (Å²) in [4.78, 5) is 47.9. The summed E-state index contributed by atoms with van der Waals surface area (Å²) in [7, 11) is 1.45. The maximum Gasteiger partial charge on any atom is 0.406 e. The van der Waals surface area contributed by atoms with E-state index in [1.54, 1.807) is 18.2 Å². The van der Waals surface area contributed by atoms with E-state index in [9.17, 15) is 31.9 Å². The molecule has 3 amide bonds. The van der Waals surface area contributed by atoms with E-state index in [0.717, 1.165) is 17.7 Å². The molecule has 1 aliphatic carbocycles. The second-order valence-corrected chi connectivity index (χ2v) is 10.5. The molecule has 212 valence electrons. The average Bonchev–Trinajstić information content (AvgIpc) is 3.70. The van der Waals surface area contributed by atoms with E-state index < -0.39 is 48.3 Å². The molecule has 3 heterocycles. The average molecular weight is 568 g/mol. The number of likely N-dealkylation sites (N-methyl/N-ethyl adjacent to an activating group) is 1. The minimum absolute atomic E-state index is 0.0231. The Morgan fingerprint density at radius 2 is 1.76 bits per heavy atom. The number of halogens is 4. The number of hydrogen-bond donors (Lipinski definition) is 1. The van der Waals surface area contributed by atoms with Crippen LogP contribution in [0.2, 0.25) is 0 Å². The van der Waals surface area contributed by atoms with Crippen molar-refractivity contribution in [2.75, 3.05) is 28.3 Å². The lowest BCUT2D eigenvalue weighted by Gasteiger charge is -2.40. The number of fused-ring (bicyclic) bond motifs is 2. The Labute approximate surface area is 232 Å². The Hall–Kier alpha value is -4.48. The summed E-state index contributed by atoms with van der Waals surface area (Å²) >= 11 is 0. The van der Waals surface area contributed by atoms with Crippen molar-refractivity contribution in [1.82, 2.24) is 10.3 Å². The normalized spacial score (nSPS) is 20.3. The van der Waals surface area contributed by atoms with Crippen LogP contribution in [0.1, 0.15) is 57.7 Å². The van der Waals surface area contributed by atoms with Crippen LogP contribution < -0.4 is 20.0 Å². The maximum absolute atomic E-state index is 14.1. The van der Waals surface area contributed by atoms with E-state index >= 15 is 0 Å². The Balaban J connectivity index is 1.50. The third kappa shape index (κ3) is 4.66. The minimum Gasteiger partial charge on any atom is -0.349 e. The van der Waals surface area contributed by atoms with Gasteiger partial charge in [-0.05, 0) is 61.2 Å². The van der Waals surface area contributed by atoms with Crippen molar-refractivity contribution in [2.24, 2.45) is 0 Å². The Morgan fingerprint density at radius 1 is 1.05 bits per heavy atom. The van der Waals surface area contributed by atoms with Gasteiger partial charge in [0.05, 0.1) is 22.9 Å². The zero-order valence-corrected chi connectivity index (χ0v) is 22.1. The molecule has 8 nitrogen and oxygen atoms in total. The largest absolute Gasteiger partial charge is 0.406 e. The zero-order valence-electron chi connectivity index (χ0n) is 22.1. The van der Waals surface area contributed by atoms with E-state index in [1.165, 1.54) is 60.2 Å². The van der Waals surface area contributed by atoms with E-state index in [2.05, 4.69) is 10.3 Å². The summed E-state index contributed by atoms with van der Waals surface area (Å²) in [5.74, 6) is -2.08. The van der Waals surface area contributed by atoms with Crippen molar-refractivity contribution in [2.45, 2.75) is 44.1 Å². The van der Waals surface area contributed by atoms with Crippen LogP contribution >= 0.6 is 0 Å². The number of rotatable bonds is 5. The fourth-order valence-corrected chi connectivity index (χ4v) is 5.46. The molecule has 0 spiro atoms. The van der Waals surface area contributed by atoms with Gasteiger partial charge >= 0.3 is 6.18 Å². The van der Waals surface area contributed by atoms with Crippen LogP contribution in [-0.2, 0) is 4.79 Å². The molecule has 2 unspecified atom stereocenters. The van der Waals surface area contributed by atoms with E-state index in [-0.39, 0.29) is 34.5 Å². The molecular weight excluding hydrogens is 542 g/mol. The molecule has 1 saturated carbocycles. The topological polar surface area (TPSA) is 85.8 Å². The van der Waals surface area contributed by atoms with Gasteiger partial charge in [0.25, 0.3) is 11.8 Å². The fourth-order valence-electron chi connectivity index (χ4n) is 5.46. The molecule has 2 atom stereocenters. The third-order valence-electron chi connectivity index (χ3n) is 7.65. The first-order chi connectivity index (χ1) is 19.4. The van der Waals surface area contributed by atoms with Crippen molar-refractivity contribution in [1.29, 1.82) is 0 Å². The van der Waals surface area contributed by atoms with Crippen molar-refractivity contribution in [3.8, 4) is 0 Å². The second-order valence-electron chi connectivity index (χ2n) is 10.5. The van der Waals surface area contributed by atoms with E-state index in [1.807, 2.05) is 0 Å². The molecule has 0 radical (unpaired) electrons. The van der Waals surface area contributed by atoms with Crippen molar-refractivity contribution < 1.29 is 31.9 Å². The number of benzene rings is 2. The molecule has 41 heavy (non-hydrogen) atoms. The third-order valence-corrected chi connectivity index (χ3v) is 7.65. The second kappa shape index (κ2) is 9.57. The molecule has 6 rings (SSSR count). The first kappa shape index (κ1) is 26.7. The van der Waals surface area contributed by atoms with Crippen LogP contribution in [0.5, 0.6) is 0 Å². The monoisotopic (exact) mass is 567 g/mol. The molecule has 12 heteroatoms. The predicted octanol–water partition coefficient (Wildman–Crippen LogP) is 4.60. The van der Waals surface area contributed by atoms with Crippen LogP contribution in [0.25, 0.3) is 0 Å². The molecule has 1 fully saturated rings. The highest BCUT2D eigenvalue weighted by Crippen LogP contribution is 2.45. The SMILES string of the molecule is CC1C(=O)N(C)c2ccc(N3C(=O)c4c(C(=O)NC5CC5)cccc4C3c3ccc(F)cc3)nc2N1CC(F)(F)F. The number of carbonyl (C=O) groups is 3. The number of amides is 3. The number of aromatic nitrogens is 1. The van der Waals surface area contributed by atoms with Gasteiger partial charge in [0.2, 0.25) is 5.91 Å². The minimum atomic E-state index is -4.63. The molecule has 2 aliphatic heterocycles. The lowest BCUT2D eigenvalue weighted by Crippen LogP contribution is -2.53. The van der Waals surface area contributed by atoms with Crippen molar-refractivity contribution >= 4 is 35.0 Å². The summed E-state index contributed by atoms with van der Waals surface area (Å²) in [5.41, 5.74) is 1.48. The van der Waals surface area contributed by atoms with Gasteiger partial charge < -0.3 is 15.1 Å². The molecule has 3 aliphatic rings. The van der Waals surface area contributed by atoms with Crippen molar-refractivity contribution in [3.63, 3.8) is 0 Å². The van der Waals surface area contributed by atoms with Crippen LogP contribution in [0.15, 0.2) is 54.6 Å². The Bertz CT molecular complexity index is 1570. The number of anilines is 3. The number of hydrogen-bond acceptors (Lipinski definition) is 5. The van der Waals surface area contributed by atoms with Gasteiger partial charge in [-0.2, -0.15) is 13.2 Å². The van der Waals surface area contributed by atoms with E-state index in [0.29, 0.717) is 11.1 Å². The van der Waals surface area contributed by atoms with Crippen LogP contribution in [0.3, 0.4) is 0 Å². The molecule has 0 saturated heterocycles. The standard InChI is InChI=1S/C29H25F4N5O3/c1-15-27(40)36(2)21-12-13-22(35-25(21)37(15)14-29(31,32)33)38-24(16-6-8-17(30)9-7-16)19-4-3-5-20(23(19)28(38)41)26(39)34-18-10-11-18/h3-9,12-13,15,18,24H,10-11,14H2,1-2H3,(H,34,39). The molecule has 1 aromatic heterocycles. The fraction of sp³-hybridized carbons (Fsp3) is 0.310. The molecule has 3 aromatic rings. The number of carbonyl (C=O) groups excluding carboxylic acids is 3. The highest BCUT2D eigenvalue weighted by atomic mass is 19.4. The first-order valence-corrected chi connectivity index (χ1v) is 13.1. The molecule has 0 bridgehead atoms. The number of pyridine rings is 1. The molecular formula is C29H25F4N5O3. The van der Waals surface area contributed by atoms with Gasteiger partial charge in [-0.3, -0.25) is 19.3 Å². The van der Waals surface area contributed by atoms with Gasteiger partial charge in [-0.15, -0.1) is 0 Å². The summed E-state index contributed by atoms with van der Waals surface area (Å²) in [6, 6.07) is 11.3. The quantitative estimate of drug-likeness (QED) is 0.456. The van der Waals surface area contributed by atoms with Crippen molar-refractivity contribution in [3.05, 3.63) is 82.7 Å². The molecule has 1 N–H and O–H groups in total. The van der Waals surface area contributed by atoms with Crippen LogP contribution in [0, 0.1) is 5.82 Å². The highest BCUT2D eigenvalue weighted by Gasteiger charge is 2.45. The highest BCUT2D eigenvalue weighted by molar-refractivity contribution is 6.17. The van der Waals surface area contributed by atoms with Gasteiger partial charge in [0.15, 0.2) is 5.82 Å². The van der Waals surface area contributed by atoms with Gasteiger partial charge in [-0.1, -0.05) is 24.3 Å². The number of nitrogens with zero attached hydrogens (tertiary/aromatic N) is 4. The zero-order chi connectivity index (χ0) is 29.2. The number of alkyl halides is 3. The maximum atomic E-state index is 14.1. The number of nitrogens with one attached hydrogen (secondary N) is 1. The van der Waals surface area contributed by atoms with Gasteiger partial charge in [0.1, 0.15) is 24.2 Å². The van der Waals surface area contributed by atoms with Gasteiger partial charge in [0, 0.05) is 13.1 Å². The summed E-state index contributed by atoms with van der Waals surface area (Å²) in [5, 5.41) is 2.89. The Morgan fingerprint density at radius 3 is 2.41 bits per heavy atom. The van der Waals surface area contributed by atoms with Gasteiger partial charge in [-0.25, -0.2) is 9.37 Å². The lowest BCUT2D eigenvalue weighted by atomic mass is 9.95. The summed E-state index contributed by atoms with van der Waals surface area (Å²) in [6.45, 7) is -0.0525.